The van der Waals surface area contributed by atoms with Crippen molar-refractivity contribution in [2.45, 2.75) is 0 Å². The van der Waals surface area contributed by atoms with Gasteiger partial charge in [-0.15, -0.1) is 0 Å². The first-order valence-electron chi connectivity index (χ1n) is 12.3. The quantitative estimate of drug-likeness (QED) is 0.277. The van der Waals surface area contributed by atoms with Crippen LogP contribution in [0.2, 0.25) is 0 Å². The van der Waals surface area contributed by atoms with Gasteiger partial charge in [0.1, 0.15) is 0 Å². The van der Waals surface area contributed by atoms with Crippen LogP contribution in [0.4, 0.5) is 11.4 Å². The Balaban J connectivity index is 1.35. The first-order valence-corrected chi connectivity index (χ1v) is 12.3. The Morgan fingerprint density at radius 2 is 1.00 bits per heavy atom. The van der Waals surface area contributed by atoms with Crippen molar-refractivity contribution in [1.29, 1.82) is 0 Å². The number of nitrogens with zero attached hydrogens (tertiary/aromatic N) is 1. The molecule has 36 heavy (non-hydrogen) atoms. The number of rotatable bonds is 4. The molecule has 0 atom stereocenters. The Kier molecular flexibility index (Phi) is 4.82. The molecule has 0 saturated heterocycles. The highest BCUT2D eigenvalue weighted by molar-refractivity contribution is 6.14. The average Bonchev–Trinajstić information content (AvgIpc) is 3.25. The lowest BCUT2D eigenvalue weighted by atomic mass is 10.1. The van der Waals surface area contributed by atoms with Crippen LogP contribution in [-0.4, -0.2) is 4.57 Å². The fourth-order valence-electron chi connectivity index (χ4n) is 5.18. The van der Waals surface area contributed by atoms with Crippen molar-refractivity contribution in [2.24, 2.45) is 0 Å². The summed E-state index contributed by atoms with van der Waals surface area (Å²) in [6.07, 6.45) is 0. The fraction of sp³-hybridized carbons (Fsp3) is 0. The van der Waals surface area contributed by atoms with Crippen LogP contribution >= 0.6 is 0 Å². The molecule has 6 aromatic carbocycles. The van der Waals surface area contributed by atoms with Gasteiger partial charge in [0.25, 0.3) is 0 Å². The molecule has 0 aliphatic rings. The first-order chi connectivity index (χ1) is 17.8. The number of nitrogens with one attached hydrogen (secondary N) is 1. The molecule has 0 radical (unpaired) electrons. The summed E-state index contributed by atoms with van der Waals surface area (Å²) in [6.45, 7) is 0. The van der Waals surface area contributed by atoms with Crippen molar-refractivity contribution in [3.8, 4) is 16.8 Å². The molecule has 0 amide bonds. The number of anilines is 2. The van der Waals surface area contributed by atoms with Gasteiger partial charge in [-0.05, 0) is 76.5 Å². The summed E-state index contributed by atoms with van der Waals surface area (Å²) in [5.41, 5.74) is 8.20. The highest BCUT2D eigenvalue weighted by Gasteiger charge is 2.14. The first kappa shape index (κ1) is 20.5. The highest BCUT2D eigenvalue weighted by atomic mass is 15.0. The lowest BCUT2D eigenvalue weighted by Gasteiger charge is -2.10. The van der Waals surface area contributed by atoms with Crippen molar-refractivity contribution in [2.75, 3.05) is 5.32 Å². The fourth-order valence-corrected chi connectivity index (χ4v) is 5.18. The van der Waals surface area contributed by atoms with Crippen LogP contribution in [0.1, 0.15) is 0 Å². The van der Waals surface area contributed by atoms with Crippen LogP contribution in [0.25, 0.3) is 49.4 Å². The van der Waals surface area contributed by atoms with E-state index in [1.165, 1.54) is 49.4 Å². The monoisotopic (exact) mass is 460 g/mol. The second-order valence-corrected chi connectivity index (χ2v) is 9.19. The van der Waals surface area contributed by atoms with Gasteiger partial charge < -0.3 is 9.88 Å². The molecular formula is C34H24N2. The number of benzene rings is 6. The predicted octanol–water partition coefficient (Wildman–Crippen LogP) is 9.35. The van der Waals surface area contributed by atoms with E-state index < -0.39 is 0 Å². The molecule has 2 nitrogen and oxygen atoms in total. The maximum atomic E-state index is 3.62. The molecule has 7 aromatic rings. The van der Waals surface area contributed by atoms with Crippen LogP contribution in [0.15, 0.2) is 140 Å². The van der Waals surface area contributed by atoms with Gasteiger partial charge in [-0.25, -0.2) is 0 Å². The Hall–Kier alpha value is -4.82. The second kappa shape index (κ2) is 8.44. The van der Waals surface area contributed by atoms with Gasteiger partial charge in [0.2, 0.25) is 0 Å². The second-order valence-electron chi connectivity index (χ2n) is 9.19. The zero-order valence-electron chi connectivity index (χ0n) is 19.7. The van der Waals surface area contributed by atoms with Gasteiger partial charge in [-0.2, -0.15) is 0 Å². The third kappa shape index (κ3) is 3.52. The van der Waals surface area contributed by atoms with E-state index in [0.29, 0.717) is 0 Å². The van der Waals surface area contributed by atoms with E-state index in [1.807, 2.05) is 6.07 Å². The summed E-state index contributed by atoms with van der Waals surface area (Å²) in [4.78, 5) is 0. The van der Waals surface area contributed by atoms with E-state index in [1.54, 1.807) is 0 Å². The van der Waals surface area contributed by atoms with E-state index >= 15 is 0 Å². The molecule has 0 bridgehead atoms. The minimum absolute atomic E-state index is 1.08. The minimum Gasteiger partial charge on any atom is -0.356 e. The molecule has 0 saturated carbocycles. The standard InChI is InChI=1S/C34H24N2/c1-3-9-24(10-4-1)25-15-17-28(18-16-25)35-29-19-20-33-32(23-29)31-21-26-11-7-8-12-27(26)22-34(31)36(33)30-13-5-2-6-14-30/h1-23,35H. The van der Waals surface area contributed by atoms with E-state index in [2.05, 4.69) is 143 Å². The molecule has 0 aliphatic carbocycles. The predicted molar refractivity (Wildman–Crippen MR) is 153 cm³/mol. The third-order valence-electron chi connectivity index (χ3n) is 6.93. The van der Waals surface area contributed by atoms with Crippen molar-refractivity contribution in [3.63, 3.8) is 0 Å². The summed E-state index contributed by atoms with van der Waals surface area (Å²) in [6, 6.07) is 49.6. The summed E-state index contributed by atoms with van der Waals surface area (Å²) in [5, 5.41) is 8.63. The molecule has 170 valence electrons. The number of hydrogen-bond acceptors (Lipinski definition) is 1. The maximum absolute atomic E-state index is 3.62. The SMILES string of the molecule is c1ccc(-c2ccc(Nc3ccc4c(c3)c3cc5ccccc5cc3n4-c3ccccc3)cc2)cc1. The molecule has 0 spiro atoms. The van der Waals surface area contributed by atoms with Crippen LogP contribution in [0.5, 0.6) is 0 Å². The summed E-state index contributed by atoms with van der Waals surface area (Å²) >= 11 is 0. The van der Waals surface area contributed by atoms with Crippen LogP contribution in [-0.2, 0) is 0 Å². The average molecular weight is 461 g/mol. The van der Waals surface area contributed by atoms with E-state index in [-0.39, 0.29) is 0 Å². The molecule has 1 heterocycles. The molecule has 7 rings (SSSR count). The summed E-state index contributed by atoms with van der Waals surface area (Å²) in [5.74, 6) is 0. The van der Waals surface area contributed by atoms with E-state index in [9.17, 15) is 0 Å². The molecule has 0 fully saturated rings. The lowest BCUT2D eigenvalue weighted by Crippen LogP contribution is -1.94. The van der Waals surface area contributed by atoms with Crippen LogP contribution < -0.4 is 5.32 Å². The van der Waals surface area contributed by atoms with Crippen molar-refractivity contribution >= 4 is 44.0 Å². The van der Waals surface area contributed by atoms with Gasteiger partial charge in [0, 0.05) is 27.8 Å². The van der Waals surface area contributed by atoms with Crippen LogP contribution in [0, 0.1) is 0 Å². The van der Waals surface area contributed by atoms with Crippen molar-refractivity contribution in [3.05, 3.63) is 140 Å². The highest BCUT2D eigenvalue weighted by Crippen LogP contribution is 2.36. The van der Waals surface area contributed by atoms with E-state index in [0.717, 1.165) is 11.4 Å². The lowest BCUT2D eigenvalue weighted by molar-refractivity contribution is 1.18. The van der Waals surface area contributed by atoms with Gasteiger partial charge in [-0.3, -0.25) is 0 Å². The van der Waals surface area contributed by atoms with Gasteiger partial charge in [0.15, 0.2) is 0 Å². The molecule has 1 N–H and O–H groups in total. The summed E-state index contributed by atoms with van der Waals surface area (Å²) < 4.78 is 2.37. The van der Waals surface area contributed by atoms with E-state index in [4.69, 9.17) is 0 Å². The molecule has 0 unspecified atom stereocenters. The number of aromatic nitrogens is 1. The van der Waals surface area contributed by atoms with Crippen molar-refractivity contribution < 1.29 is 0 Å². The van der Waals surface area contributed by atoms with Gasteiger partial charge in [0.05, 0.1) is 11.0 Å². The third-order valence-corrected chi connectivity index (χ3v) is 6.93. The zero-order chi connectivity index (χ0) is 23.9. The topological polar surface area (TPSA) is 17.0 Å². The maximum Gasteiger partial charge on any atom is 0.0547 e. The van der Waals surface area contributed by atoms with Gasteiger partial charge >= 0.3 is 0 Å². The largest absolute Gasteiger partial charge is 0.356 e. The van der Waals surface area contributed by atoms with Gasteiger partial charge in [-0.1, -0.05) is 84.9 Å². The molecule has 2 heteroatoms. The molecule has 1 aromatic heterocycles. The Morgan fingerprint density at radius 1 is 0.417 bits per heavy atom. The number of para-hydroxylation sites is 1. The Bertz CT molecular complexity index is 1830. The van der Waals surface area contributed by atoms with Crippen molar-refractivity contribution in [1.82, 2.24) is 4.57 Å². The minimum atomic E-state index is 1.08. The van der Waals surface area contributed by atoms with Crippen LogP contribution in [0.3, 0.4) is 0 Å². The number of hydrogen-bond donors (Lipinski definition) is 1. The summed E-state index contributed by atoms with van der Waals surface area (Å²) in [7, 11) is 0. The normalized spacial score (nSPS) is 11.3. The zero-order valence-corrected chi connectivity index (χ0v) is 19.7. The smallest absolute Gasteiger partial charge is 0.0547 e. The molecular weight excluding hydrogens is 436 g/mol. The Morgan fingerprint density at radius 3 is 1.75 bits per heavy atom. The number of fused-ring (bicyclic) bond motifs is 4. The Labute approximate surface area is 210 Å². The molecule has 0 aliphatic heterocycles.